The zero-order valence-corrected chi connectivity index (χ0v) is 17.6. The SMILES string of the molecule is Cc1cc(OCC(C)NCc2cc(=O)[nH]c(C)n2)c2c3c(c(=O)oc2c1)CCCC3. The molecule has 2 N–H and O–H groups in total. The average Bonchev–Trinajstić information content (AvgIpc) is 2.69. The lowest BCUT2D eigenvalue weighted by Gasteiger charge is -2.20. The number of ether oxygens (including phenoxy) is 1. The van der Waals surface area contributed by atoms with Gasteiger partial charge in [0.05, 0.1) is 11.1 Å². The fraction of sp³-hybridized carbons (Fsp3) is 0.435. The van der Waals surface area contributed by atoms with E-state index < -0.39 is 0 Å². The van der Waals surface area contributed by atoms with E-state index in [1.165, 1.54) is 6.07 Å². The van der Waals surface area contributed by atoms with E-state index in [1.54, 1.807) is 6.92 Å². The molecule has 1 aromatic carbocycles. The van der Waals surface area contributed by atoms with Gasteiger partial charge in [0.15, 0.2) is 0 Å². The van der Waals surface area contributed by atoms with Crippen LogP contribution < -0.4 is 21.2 Å². The fourth-order valence-corrected chi connectivity index (χ4v) is 4.07. The predicted octanol–water partition coefficient (Wildman–Crippen LogP) is 2.93. The third kappa shape index (κ3) is 4.31. The monoisotopic (exact) mass is 409 g/mol. The molecule has 4 rings (SSSR count). The van der Waals surface area contributed by atoms with Crippen LogP contribution in [0.2, 0.25) is 0 Å². The molecule has 0 saturated heterocycles. The predicted molar refractivity (Wildman–Crippen MR) is 115 cm³/mol. The summed E-state index contributed by atoms with van der Waals surface area (Å²) in [4.78, 5) is 30.9. The molecule has 1 unspecified atom stereocenters. The molecule has 3 aromatic rings. The Morgan fingerprint density at radius 2 is 1.93 bits per heavy atom. The van der Waals surface area contributed by atoms with E-state index in [-0.39, 0.29) is 17.2 Å². The minimum absolute atomic E-state index is 0.0357. The molecule has 0 aliphatic heterocycles. The second kappa shape index (κ2) is 8.44. The van der Waals surface area contributed by atoms with E-state index in [0.717, 1.165) is 53.5 Å². The number of nitrogens with zero attached hydrogens (tertiary/aromatic N) is 1. The summed E-state index contributed by atoms with van der Waals surface area (Å²) in [5.74, 6) is 1.35. The minimum Gasteiger partial charge on any atom is -0.491 e. The molecule has 30 heavy (non-hydrogen) atoms. The van der Waals surface area contributed by atoms with Gasteiger partial charge in [0.2, 0.25) is 0 Å². The Labute approximate surface area is 174 Å². The molecule has 2 aromatic heterocycles. The molecule has 158 valence electrons. The molecule has 0 bridgehead atoms. The zero-order valence-electron chi connectivity index (χ0n) is 17.6. The van der Waals surface area contributed by atoms with Crippen molar-refractivity contribution < 1.29 is 9.15 Å². The normalized spacial score (nSPS) is 14.5. The van der Waals surface area contributed by atoms with Crippen LogP contribution >= 0.6 is 0 Å². The van der Waals surface area contributed by atoms with Gasteiger partial charge in [-0.05, 0) is 69.7 Å². The molecule has 0 amide bonds. The van der Waals surface area contributed by atoms with Crippen molar-refractivity contribution >= 4 is 11.0 Å². The van der Waals surface area contributed by atoms with Crippen LogP contribution in [-0.4, -0.2) is 22.6 Å². The summed E-state index contributed by atoms with van der Waals surface area (Å²) in [6.45, 7) is 6.67. The number of aromatic nitrogens is 2. The van der Waals surface area contributed by atoms with Gasteiger partial charge in [-0.1, -0.05) is 0 Å². The summed E-state index contributed by atoms with van der Waals surface area (Å²) >= 11 is 0. The highest BCUT2D eigenvalue weighted by molar-refractivity contribution is 5.88. The lowest BCUT2D eigenvalue weighted by molar-refractivity contribution is 0.274. The molecule has 2 heterocycles. The van der Waals surface area contributed by atoms with E-state index in [4.69, 9.17) is 9.15 Å². The first-order valence-electron chi connectivity index (χ1n) is 10.4. The van der Waals surface area contributed by atoms with Crippen molar-refractivity contribution in [3.63, 3.8) is 0 Å². The first-order chi connectivity index (χ1) is 14.4. The van der Waals surface area contributed by atoms with Crippen molar-refractivity contribution in [2.75, 3.05) is 6.61 Å². The quantitative estimate of drug-likeness (QED) is 0.608. The van der Waals surface area contributed by atoms with E-state index in [1.807, 2.05) is 26.0 Å². The number of aryl methyl sites for hydroxylation is 3. The average molecular weight is 409 g/mol. The van der Waals surface area contributed by atoms with Crippen LogP contribution in [0.4, 0.5) is 0 Å². The van der Waals surface area contributed by atoms with Gasteiger partial charge in [0.1, 0.15) is 23.8 Å². The van der Waals surface area contributed by atoms with Gasteiger partial charge in [-0.25, -0.2) is 9.78 Å². The Morgan fingerprint density at radius 3 is 2.70 bits per heavy atom. The van der Waals surface area contributed by atoms with Crippen LogP contribution in [0.3, 0.4) is 0 Å². The summed E-state index contributed by atoms with van der Waals surface area (Å²) in [7, 11) is 0. The summed E-state index contributed by atoms with van der Waals surface area (Å²) in [6, 6.07) is 5.44. The number of nitrogens with one attached hydrogen (secondary N) is 2. The number of hydrogen-bond donors (Lipinski definition) is 2. The number of fused-ring (bicyclic) bond motifs is 3. The third-order valence-corrected chi connectivity index (χ3v) is 5.46. The molecule has 7 heteroatoms. The molecular formula is C23H27N3O4. The van der Waals surface area contributed by atoms with Crippen LogP contribution in [0.5, 0.6) is 5.75 Å². The highest BCUT2D eigenvalue weighted by Gasteiger charge is 2.21. The molecule has 1 aliphatic rings. The Balaban J connectivity index is 1.53. The van der Waals surface area contributed by atoms with Crippen LogP contribution in [0, 0.1) is 13.8 Å². The van der Waals surface area contributed by atoms with Crippen molar-refractivity contribution in [2.24, 2.45) is 0 Å². The van der Waals surface area contributed by atoms with Gasteiger partial charge in [-0.15, -0.1) is 0 Å². The standard InChI is InChI=1S/C23H27N3O4/c1-13-8-19(22-17-6-4-5-7-18(17)23(28)30-20(22)9-13)29-12-14(2)24-11-16-10-21(27)26-15(3)25-16/h8-10,14,24H,4-7,11-12H2,1-3H3,(H,25,26,27). The second-order valence-corrected chi connectivity index (χ2v) is 8.11. The van der Waals surface area contributed by atoms with Gasteiger partial charge < -0.3 is 19.5 Å². The first-order valence-corrected chi connectivity index (χ1v) is 10.4. The zero-order chi connectivity index (χ0) is 21.3. The van der Waals surface area contributed by atoms with Crippen molar-refractivity contribution in [1.29, 1.82) is 0 Å². The van der Waals surface area contributed by atoms with E-state index >= 15 is 0 Å². The summed E-state index contributed by atoms with van der Waals surface area (Å²) in [6.07, 6.45) is 3.72. The lowest BCUT2D eigenvalue weighted by Crippen LogP contribution is -2.32. The number of benzene rings is 1. The smallest absolute Gasteiger partial charge is 0.339 e. The maximum atomic E-state index is 12.4. The van der Waals surface area contributed by atoms with Crippen molar-refractivity contribution in [3.8, 4) is 5.75 Å². The van der Waals surface area contributed by atoms with Gasteiger partial charge in [-0.3, -0.25) is 4.79 Å². The third-order valence-electron chi connectivity index (χ3n) is 5.46. The number of H-pyrrole nitrogens is 1. The summed E-state index contributed by atoms with van der Waals surface area (Å²) in [5, 5.41) is 4.27. The molecule has 7 nitrogen and oxygen atoms in total. The van der Waals surface area contributed by atoms with Crippen molar-refractivity contribution in [3.05, 3.63) is 67.2 Å². The van der Waals surface area contributed by atoms with Gasteiger partial charge in [0, 0.05) is 24.2 Å². The fourth-order valence-electron chi connectivity index (χ4n) is 4.07. The maximum Gasteiger partial charge on any atom is 0.339 e. The molecule has 1 atom stereocenters. The van der Waals surface area contributed by atoms with Crippen LogP contribution in [0.15, 0.2) is 32.2 Å². The molecule has 0 spiro atoms. The second-order valence-electron chi connectivity index (χ2n) is 8.11. The highest BCUT2D eigenvalue weighted by Crippen LogP contribution is 2.34. The van der Waals surface area contributed by atoms with Crippen LogP contribution in [-0.2, 0) is 19.4 Å². The van der Waals surface area contributed by atoms with Gasteiger partial charge in [0.25, 0.3) is 5.56 Å². The molecule has 0 saturated carbocycles. The first kappa shape index (κ1) is 20.3. The Morgan fingerprint density at radius 1 is 1.17 bits per heavy atom. The Bertz CT molecular complexity index is 1200. The Kier molecular flexibility index (Phi) is 5.72. The summed E-state index contributed by atoms with van der Waals surface area (Å²) in [5.41, 5.74) is 3.78. The molecule has 1 aliphatic carbocycles. The van der Waals surface area contributed by atoms with Crippen LogP contribution in [0.25, 0.3) is 11.0 Å². The van der Waals surface area contributed by atoms with Crippen LogP contribution in [0.1, 0.15) is 48.0 Å². The van der Waals surface area contributed by atoms with Gasteiger partial charge >= 0.3 is 5.63 Å². The topological polar surface area (TPSA) is 97.2 Å². The van der Waals surface area contributed by atoms with E-state index in [0.29, 0.717) is 30.3 Å². The van der Waals surface area contributed by atoms with Gasteiger partial charge in [-0.2, -0.15) is 0 Å². The Hall–Kier alpha value is -2.93. The van der Waals surface area contributed by atoms with Crippen molar-refractivity contribution in [1.82, 2.24) is 15.3 Å². The highest BCUT2D eigenvalue weighted by atomic mass is 16.5. The lowest BCUT2D eigenvalue weighted by atomic mass is 9.90. The number of aromatic amines is 1. The molecule has 0 radical (unpaired) electrons. The van der Waals surface area contributed by atoms with Crippen molar-refractivity contribution in [2.45, 2.75) is 59.0 Å². The number of hydrogen-bond acceptors (Lipinski definition) is 6. The number of rotatable bonds is 6. The maximum absolute atomic E-state index is 12.4. The largest absolute Gasteiger partial charge is 0.491 e. The molecule has 0 fully saturated rings. The molecular weight excluding hydrogens is 382 g/mol. The minimum atomic E-state index is -0.218. The summed E-state index contributed by atoms with van der Waals surface area (Å²) < 4.78 is 11.8. The van der Waals surface area contributed by atoms with E-state index in [9.17, 15) is 9.59 Å². The van der Waals surface area contributed by atoms with E-state index in [2.05, 4.69) is 15.3 Å².